The number of hydrogen-bond acceptors (Lipinski definition) is 3. The van der Waals surface area contributed by atoms with Gasteiger partial charge in [-0.25, -0.2) is 0 Å². The summed E-state index contributed by atoms with van der Waals surface area (Å²) in [6.07, 6.45) is 2.33. The van der Waals surface area contributed by atoms with Crippen molar-refractivity contribution in [2.45, 2.75) is 39.2 Å². The van der Waals surface area contributed by atoms with E-state index in [0.29, 0.717) is 32.5 Å². The van der Waals surface area contributed by atoms with Gasteiger partial charge in [0.25, 0.3) is 5.91 Å². The Morgan fingerprint density at radius 3 is 2.29 bits per heavy atom. The number of nitrogens with zero attached hydrogens (tertiary/aromatic N) is 2. The lowest BCUT2D eigenvalue weighted by Gasteiger charge is -2.33. The molecule has 1 heterocycles. The predicted octanol–water partition coefficient (Wildman–Crippen LogP) is 4.76. The highest BCUT2D eigenvalue weighted by atomic mass is 16.2. The molecule has 184 valence electrons. The van der Waals surface area contributed by atoms with Crippen molar-refractivity contribution >= 4 is 22.6 Å². The van der Waals surface area contributed by atoms with Gasteiger partial charge in [-0.3, -0.25) is 14.5 Å². The van der Waals surface area contributed by atoms with Gasteiger partial charge in [-0.1, -0.05) is 80.6 Å². The van der Waals surface area contributed by atoms with E-state index in [0.717, 1.165) is 35.8 Å². The fourth-order valence-corrected chi connectivity index (χ4v) is 5.25. The van der Waals surface area contributed by atoms with Crippen LogP contribution in [0.1, 0.15) is 42.6 Å². The van der Waals surface area contributed by atoms with Crippen LogP contribution < -0.4 is 5.32 Å². The zero-order valence-corrected chi connectivity index (χ0v) is 21.0. The molecule has 35 heavy (non-hydrogen) atoms. The minimum Gasteiger partial charge on any atom is -0.354 e. The van der Waals surface area contributed by atoms with Gasteiger partial charge >= 0.3 is 0 Å². The van der Waals surface area contributed by atoms with Crippen molar-refractivity contribution in [2.24, 2.45) is 5.92 Å². The molecule has 5 heteroatoms. The Hall–Kier alpha value is -3.18. The van der Waals surface area contributed by atoms with Crippen LogP contribution in [0, 0.1) is 5.92 Å². The average Bonchev–Trinajstić information content (AvgIpc) is 2.92. The second-order valence-electron chi connectivity index (χ2n) is 9.40. The van der Waals surface area contributed by atoms with Gasteiger partial charge in [0.1, 0.15) is 0 Å². The topological polar surface area (TPSA) is 52.7 Å². The highest BCUT2D eigenvalue weighted by Gasteiger charge is 2.29. The molecule has 0 spiro atoms. The first-order chi connectivity index (χ1) is 17.1. The van der Waals surface area contributed by atoms with Gasteiger partial charge in [-0.15, -0.1) is 0 Å². The van der Waals surface area contributed by atoms with Crippen LogP contribution in [-0.4, -0.2) is 60.4 Å². The van der Waals surface area contributed by atoms with Crippen LogP contribution in [0.25, 0.3) is 10.8 Å². The van der Waals surface area contributed by atoms with Crippen molar-refractivity contribution in [3.05, 3.63) is 83.9 Å². The molecule has 0 radical (unpaired) electrons. The number of carbonyl (C=O) groups excluding carboxylic acids is 2. The zero-order valence-electron chi connectivity index (χ0n) is 21.0. The number of amides is 2. The maximum absolute atomic E-state index is 13.2. The van der Waals surface area contributed by atoms with Crippen molar-refractivity contribution < 1.29 is 9.59 Å². The fourth-order valence-electron chi connectivity index (χ4n) is 5.25. The number of likely N-dealkylation sites (tertiary alicyclic amines) is 1. The van der Waals surface area contributed by atoms with E-state index in [1.165, 1.54) is 5.56 Å². The maximum atomic E-state index is 13.2. The van der Waals surface area contributed by atoms with Crippen molar-refractivity contribution in [3.63, 3.8) is 0 Å². The molecule has 1 N–H and O–H groups in total. The number of piperidine rings is 1. The molecule has 4 rings (SSSR count). The first kappa shape index (κ1) is 24.9. The summed E-state index contributed by atoms with van der Waals surface area (Å²) < 4.78 is 0. The van der Waals surface area contributed by atoms with E-state index < -0.39 is 0 Å². The van der Waals surface area contributed by atoms with Gasteiger partial charge < -0.3 is 10.2 Å². The van der Waals surface area contributed by atoms with Crippen molar-refractivity contribution in [3.8, 4) is 0 Å². The third kappa shape index (κ3) is 6.09. The minimum absolute atomic E-state index is 0.0411. The quantitative estimate of drug-likeness (QED) is 0.490. The van der Waals surface area contributed by atoms with E-state index in [9.17, 15) is 9.59 Å². The van der Waals surface area contributed by atoms with E-state index >= 15 is 0 Å². The van der Waals surface area contributed by atoms with Gasteiger partial charge in [0.2, 0.25) is 5.91 Å². The number of nitrogens with one attached hydrogen (secondary N) is 1. The summed E-state index contributed by atoms with van der Waals surface area (Å²) in [4.78, 5) is 30.6. The number of hydrogen-bond donors (Lipinski definition) is 1. The zero-order chi connectivity index (χ0) is 24.6. The summed E-state index contributed by atoms with van der Waals surface area (Å²) in [6.45, 7) is 8.13. The first-order valence-electron chi connectivity index (χ1n) is 12.9. The summed E-state index contributed by atoms with van der Waals surface area (Å²) >= 11 is 0. The second kappa shape index (κ2) is 12.0. The highest BCUT2D eigenvalue weighted by molar-refractivity contribution is 6.07. The number of rotatable bonds is 9. The number of benzene rings is 3. The molecule has 2 amide bonds. The maximum Gasteiger partial charge on any atom is 0.254 e. The molecule has 3 aromatic rings. The number of carbonyl (C=O) groups is 2. The summed E-state index contributed by atoms with van der Waals surface area (Å²) in [5.74, 6) is 0.137. The average molecular weight is 472 g/mol. The summed E-state index contributed by atoms with van der Waals surface area (Å²) in [5.41, 5.74) is 2.04. The Kier molecular flexibility index (Phi) is 8.54. The van der Waals surface area contributed by atoms with Gasteiger partial charge in [-0.05, 0) is 54.8 Å². The van der Waals surface area contributed by atoms with Crippen LogP contribution in [-0.2, 0) is 11.2 Å². The van der Waals surface area contributed by atoms with Crippen LogP contribution in [0.3, 0.4) is 0 Å². The molecule has 5 nitrogen and oxygen atoms in total. The van der Waals surface area contributed by atoms with E-state index in [2.05, 4.69) is 48.3 Å². The van der Waals surface area contributed by atoms with Gasteiger partial charge in [0.05, 0.1) is 0 Å². The third-order valence-electron chi connectivity index (χ3n) is 7.33. The second-order valence-corrected chi connectivity index (χ2v) is 9.40. The van der Waals surface area contributed by atoms with Crippen LogP contribution in [0.4, 0.5) is 0 Å². The normalized spacial score (nSPS) is 15.3. The summed E-state index contributed by atoms with van der Waals surface area (Å²) in [6, 6.07) is 24.6. The minimum atomic E-state index is -0.0411. The molecule has 0 aromatic heterocycles. The molecule has 1 atom stereocenters. The lowest BCUT2D eigenvalue weighted by molar-refractivity contribution is -0.126. The Morgan fingerprint density at radius 1 is 0.914 bits per heavy atom. The van der Waals surface area contributed by atoms with Crippen LogP contribution >= 0.6 is 0 Å². The standard InChI is InChI=1S/C30H37N3O2/c1-3-32(4-2)26(21-23-11-6-5-7-12-23)22-31-29(34)25-17-19-33(20-18-25)30(35)28-16-10-14-24-13-8-9-15-27(24)28/h5-16,25-26H,3-4,17-22H2,1-2H3,(H,31,34). The Bertz CT molecular complexity index is 1110. The summed E-state index contributed by atoms with van der Waals surface area (Å²) in [7, 11) is 0. The lowest BCUT2D eigenvalue weighted by atomic mass is 9.94. The highest BCUT2D eigenvalue weighted by Crippen LogP contribution is 2.24. The molecule has 0 aliphatic carbocycles. The lowest BCUT2D eigenvalue weighted by Crippen LogP contribution is -2.48. The molecule has 1 unspecified atom stereocenters. The number of fused-ring (bicyclic) bond motifs is 1. The monoisotopic (exact) mass is 471 g/mol. The fraction of sp³-hybridized carbons (Fsp3) is 0.400. The summed E-state index contributed by atoms with van der Waals surface area (Å²) in [5, 5.41) is 5.30. The van der Waals surface area contributed by atoms with Crippen LogP contribution in [0.2, 0.25) is 0 Å². The van der Waals surface area contributed by atoms with E-state index in [4.69, 9.17) is 0 Å². The van der Waals surface area contributed by atoms with E-state index in [-0.39, 0.29) is 23.8 Å². The Balaban J connectivity index is 1.33. The van der Waals surface area contributed by atoms with E-state index in [1.54, 1.807) is 0 Å². The molecule has 0 bridgehead atoms. The third-order valence-corrected chi connectivity index (χ3v) is 7.33. The molecular formula is C30H37N3O2. The van der Waals surface area contributed by atoms with Crippen LogP contribution in [0.5, 0.6) is 0 Å². The number of likely N-dealkylation sites (N-methyl/N-ethyl adjacent to an activating group) is 1. The van der Waals surface area contributed by atoms with Crippen molar-refractivity contribution in [2.75, 3.05) is 32.7 Å². The Morgan fingerprint density at radius 2 is 1.57 bits per heavy atom. The first-order valence-corrected chi connectivity index (χ1v) is 12.9. The van der Waals surface area contributed by atoms with Gasteiger partial charge in [-0.2, -0.15) is 0 Å². The van der Waals surface area contributed by atoms with Crippen molar-refractivity contribution in [1.29, 1.82) is 0 Å². The van der Waals surface area contributed by atoms with E-state index in [1.807, 2.05) is 53.4 Å². The predicted molar refractivity (Wildman–Crippen MR) is 142 cm³/mol. The molecule has 1 aliphatic heterocycles. The largest absolute Gasteiger partial charge is 0.354 e. The van der Waals surface area contributed by atoms with Gasteiger partial charge in [0, 0.05) is 37.2 Å². The molecule has 1 saturated heterocycles. The molecular weight excluding hydrogens is 434 g/mol. The molecule has 1 fully saturated rings. The Labute approximate surface area is 209 Å². The van der Waals surface area contributed by atoms with Crippen LogP contribution in [0.15, 0.2) is 72.8 Å². The smallest absolute Gasteiger partial charge is 0.254 e. The molecule has 1 aliphatic rings. The molecule has 0 saturated carbocycles. The SMILES string of the molecule is CCN(CC)C(CNC(=O)C1CCN(C(=O)c2cccc3ccccc23)CC1)Cc1ccccc1. The van der Waals surface area contributed by atoms with Crippen molar-refractivity contribution in [1.82, 2.24) is 15.1 Å². The van der Waals surface area contributed by atoms with Gasteiger partial charge in [0.15, 0.2) is 0 Å². The molecule has 3 aromatic carbocycles.